The van der Waals surface area contributed by atoms with E-state index in [1.807, 2.05) is 0 Å². The minimum Gasteiger partial charge on any atom is -0.404 e. The van der Waals surface area contributed by atoms with Crippen molar-refractivity contribution in [3.05, 3.63) is 23.0 Å². The molecule has 0 fully saturated rings. The number of carbonyl (C=O) groups is 1. The van der Waals surface area contributed by atoms with Crippen molar-refractivity contribution in [2.45, 2.75) is 19.3 Å². The molecule has 0 atom stereocenters. The van der Waals surface area contributed by atoms with Crippen LogP contribution < -0.4 is 10.5 Å². The summed E-state index contributed by atoms with van der Waals surface area (Å²) in [6.45, 7) is -0.361. The van der Waals surface area contributed by atoms with Gasteiger partial charge < -0.3 is 10.5 Å². The Bertz CT molecular complexity index is 447. The highest BCUT2D eigenvalue weighted by Crippen LogP contribution is 2.32. The van der Waals surface area contributed by atoms with Crippen molar-refractivity contribution >= 4 is 6.29 Å². The highest BCUT2D eigenvalue weighted by molar-refractivity contribution is 5.77. The smallest absolute Gasteiger partial charge is 0.404 e. The summed E-state index contributed by atoms with van der Waals surface area (Å²) < 4.78 is 64.4. The standard InChI is InChI=1S/C9H7F5N2O2/c10-8(11)7-6(18-9(12,13)14)1-4(3-17)5(2-15)16-7/h1,3,8H,2,15H2. The Kier molecular flexibility index (Phi) is 4.17. The van der Waals surface area contributed by atoms with Crippen LogP contribution in [-0.4, -0.2) is 17.6 Å². The van der Waals surface area contributed by atoms with E-state index in [0.29, 0.717) is 6.07 Å². The first-order valence-corrected chi connectivity index (χ1v) is 4.51. The fourth-order valence-corrected chi connectivity index (χ4v) is 1.19. The summed E-state index contributed by atoms with van der Waals surface area (Å²) in [5.41, 5.74) is 3.37. The number of nitrogens with zero attached hydrogens (tertiary/aromatic N) is 1. The Morgan fingerprint density at radius 1 is 1.44 bits per heavy atom. The van der Waals surface area contributed by atoms with E-state index in [1.54, 1.807) is 0 Å². The molecule has 0 saturated heterocycles. The van der Waals surface area contributed by atoms with Crippen LogP contribution in [0.5, 0.6) is 5.75 Å². The molecule has 0 aromatic carbocycles. The molecule has 1 aromatic heterocycles. The molecule has 0 spiro atoms. The molecular weight excluding hydrogens is 263 g/mol. The number of aldehydes is 1. The predicted octanol–water partition coefficient (Wildman–Crippen LogP) is 2.19. The third-order valence-corrected chi connectivity index (χ3v) is 1.88. The van der Waals surface area contributed by atoms with Crippen molar-refractivity contribution in [2.24, 2.45) is 5.73 Å². The van der Waals surface area contributed by atoms with Crippen molar-refractivity contribution < 1.29 is 31.5 Å². The number of hydrogen-bond donors (Lipinski definition) is 1. The molecule has 0 bridgehead atoms. The lowest BCUT2D eigenvalue weighted by Gasteiger charge is -2.14. The number of rotatable bonds is 4. The number of halogens is 5. The van der Waals surface area contributed by atoms with E-state index in [0.717, 1.165) is 0 Å². The topological polar surface area (TPSA) is 65.2 Å². The van der Waals surface area contributed by atoms with Gasteiger partial charge in [-0.2, -0.15) is 0 Å². The van der Waals surface area contributed by atoms with Crippen LogP contribution in [-0.2, 0) is 6.54 Å². The molecule has 1 aromatic rings. The first kappa shape index (κ1) is 14.3. The maximum Gasteiger partial charge on any atom is 0.573 e. The van der Waals surface area contributed by atoms with Gasteiger partial charge in [-0.05, 0) is 6.07 Å². The molecule has 0 saturated carbocycles. The third-order valence-electron chi connectivity index (χ3n) is 1.88. The van der Waals surface area contributed by atoms with E-state index < -0.39 is 24.2 Å². The van der Waals surface area contributed by atoms with Crippen molar-refractivity contribution in [1.29, 1.82) is 0 Å². The van der Waals surface area contributed by atoms with E-state index in [-0.39, 0.29) is 24.1 Å². The number of ether oxygens (including phenoxy) is 1. The minimum atomic E-state index is -5.16. The van der Waals surface area contributed by atoms with Crippen LogP contribution in [0.2, 0.25) is 0 Å². The minimum absolute atomic E-state index is 0.160. The number of alkyl halides is 5. The lowest BCUT2D eigenvalue weighted by molar-refractivity contribution is -0.275. The van der Waals surface area contributed by atoms with Gasteiger partial charge in [0.15, 0.2) is 12.0 Å². The van der Waals surface area contributed by atoms with Crippen molar-refractivity contribution in [3.63, 3.8) is 0 Å². The van der Waals surface area contributed by atoms with Gasteiger partial charge in [0.1, 0.15) is 5.69 Å². The molecule has 0 amide bonds. The van der Waals surface area contributed by atoms with Crippen LogP contribution in [0.15, 0.2) is 6.07 Å². The summed E-state index contributed by atoms with van der Waals surface area (Å²) in [7, 11) is 0. The van der Waals surface area contributed by atoms with Gasteiger partial charge in [-0.25, -0.2) is 13.8 Å². The molecule has 1 rings (SSSR count). The van der Waals surface area contributed by atoms with Gasteiger partial charge in [0.25, 0.3) is 6.43 Å². The highest BCUT2D eigenvalue weighted by atomic mass is 19.4. The van der Waals surface area contributed by atoms with E-state index in [9.17, 15) is 26.7 Å². The summed E-state index contributed by atoms with van der Waals surface area (Å²) in [5, 5.41) is 0. The summed E-state index contributed by atoms with van der Waals surface area (Å²) in [6.07, 6.45) is -8.28. The second-order valence-corrected chi connectivity index (χ2v) is 3.08. The van der Waals surface area contributed by atoms with E-state index >= 15 is 0 Å². The van der Waals surface area contributed by atoms with Crippen molar-refractivity contribution in [3.8, 4) is 5.75 Å². The first-order chi connectivity index (χ1) is 8.28. The van der Waals surface area contributed by atoms with Crippen LogP contribution in [0.1, 0.15) is 28.2 Å². The molecule has 0 aliphatic heterocycles. The molecule has 0 aliphatic rings. The van der Waals surface area contributed by atoms with Crippen LogP contribution in [0.4, 0.5) is 22.0 Å². The maximum atomic E-state index is 12.5. The summed E-state index contributed by atoms with van der Waals surface area (Å²) in [4.78, 5) is 13.8. The molecule has 2 N–H and O–H groups in total. The number of pyridine rings is 1. The molecule has 4 nitrogen and oxygen atoms in total. The van der Waals surface area contributed by atoms with E-state index in [4.69, 9.17) is 5.73 Å². The Balaban J connectivity index is 3.33. The fourth-order valence-electron chi connectivity index (χ4n) is 1.19. The molecular formula is C9H7F5N2O2. The molecule has 0 aliphatic carbocycles. The van der Waals surface area contributed by atoms with Gasteiger partial charge >= 0.3 is 6.36 Å². The van der Waals surface area contributed by atoms with Gasteiger partial charge in [-0.15, -0.1) is 13.2 Å². The van der Waals surface area contributed by atoms with Crippen molar-refractivity contribution in [1.82, 2.24) is 4.98 Å². The molecule has 1 heterocycles. The summed E-state index contributed by atoms with van der Waals surface area (Å²) >= 11 is 0. The largest absolute Gasteiger partial charge is 0.573 e. The molecule has 9 heteroatoms. The van der Waals surface area contributed by atoms with Gasteiger partial charge in [0, 0.05) is 12.1 Å². The molecule has 0 radical (unpaired) electrons. The van der Waals surface area contributed by atoms with E-state index in [2.05, 4.69) is 9.72 Å². The summed E-state index contributed by atoms with van der Waals surface area (Å²) in [5.74, 6) is -1.21. The zero-order valence-electron chi connectivity index (χ0n) is 8.67. The summed E-state index contributed by atoms with van der Waals surface area (Å²) in [6, 6.07) is 0.539. The number of carbonyl (C=O) groups excluding carboxylic acids is 1. The zero-order chi connectivity index (χ0) is 13.9. The highest BCUT2D eigenvalue weighted by Gasteiger charge is 2.34. The maximum absolute atomic E-state index is 12.5. The van der Waals surface area contributed by atoms with Crippen LogP contribution >= 0.6 is 0 Å². The van der Waals surface area contributed by atoms with Gasteiger partial charge in [0.05, 0.1) is 5.69 Å². The number of nitrogens with two attached hydrogens (primary N) is 1. The average molecular weight is 270 g/mol. The lowest BCUT2D eigenvalue weighted by atomic mass is 10.1. The van der Waals surface area contributed by atoms with Crippen LogP contribution in [0.3, 0.4) is 0 Å². The normalized spacial score (nSPS) is 11.7. The monoisotopic (exact) mass is 270 g/mol. The molecule has 100 valence electrons. The van der Waals surface area contributed by atoms with Crippen molar-refractivity contribution in [2.75, 3.05) is 0 Å². The third kappa shape index (κ3) is 3.36. The van der Waals surface area contributed by atoms with Crippen LogP contribution in [0.25, 0.3) is 0 Å². The SMILES string of the molecule is NCc1nc(C(F)F)c(OC(F)(F)F)cc1C=O. The van der Waals surface area contributed by atoms with Gasteiger partial charge in [-0.3, -0.25) is 4.79 Å². The second-order valence-electron chi connectivity index (χ2n) is 3.08. The second kappa shape index (κ2) is 5.25. The van der Waals surface area contributed by atoms with Gasteiger partial charge in [-0.1, -0.05) is 0 Å². The van der Waals surface area contributed by atoms with Gasteiger partial charge in [0.2, 0.25) is 0 Å². The number of hydrogen-bond acceptors (Lipinski definition) is 4. The van der Waals surface area contributed by atoms with E-state index in [1.165, 1.54) is 0 Å². The average Bonchev–Trinajstić information content (AvgIpc) is 2.25. The van der Waals surface area contributed by atoms with Crippen LogP contribution in [0, 0.1) is 0 Å². The Morgan fingerprint density at radius 3 is 2.44 bits per heavy atom. The lowest BCUT2D eigenvalue weighted by Crippen LogP contribution is -2.20. The fraction of sp³-hybridized carbons (Fsp3) is 0.333. The zero-order valence-corrected chi connectivity index (χ0v) is 8.67. The first-order valence-electron chi connectivity index (χ1n) is 4.51. The Labute approximate surface area is 97.6 Å². The number of aromatic nitrogens is 1. The Hall–Kier alpha value is -1.77. The quantitative estimate of drug-likeness (QED) is 0.672. The molecule has 0 unspecified atom stereocenters. The molecule has 18 heavy (non-hydrogen) atoms. The predicted molar refractivity (Wildman–Crippen MR) is 49.2 cm³/mol. The Morgan fingerprint density at radius 2 is 2.06 bits per heavy atom.